The second kappa shape index (κ2) is 15.6. The van der Waals surface area contributed by atoms with Crippen LogP contribution in [0.1, 0.15) is 122 Å². The van der Waals surface area contributed by atoms with E-state index in [1.807, 2.05) is 0 Å². The van der Waals surface area contributed by atoms with E-state index in [0.717, 1.165) is 26.3 Å². The monoisotopic (exact) mass is 525 g/mol. The van der Waals surface area contributed by atoms with Crippen LogP contribution in [0.3, 0.4) is 0 Å². The summed E-state index contributed by atoms with van der Waals surface area (Å²) in [7, 11) is 0. The zero-order chi connectivity index (χ0) is 28.3. The summed E-state index contributed by atoms with van der Waals surface area (Å²) in [6.45, 7) is 39.2. The highest BCUT2D eigenvalue weighted by molar-refractivity contribution is 4.82. The predicted octanol–water partition coefficient (Wildman–Crippen LogP) is 6.76. The van der Waals surface area contributed by atoms with Gasteiger partial charge in [0.1, 0.15) is 0 Å². The molecule has 0 unspecified atom stereocenters. The lowest BCUT2D eigenvalue weighted by molar-refractivity contribution is -0.00389. The van der Waals surface area contributed by atoms with Crippen LogP contribution in [0.15, 0.2) is 0 Å². The SMILES string of the molecule is CC(C)(C)N1CCC1.CC(C)(C)N1CCCC1.CC(C)(C)N1CCCCC1.CC(C)(C)N1CCOCC1. The van der Waals surface area contributed by atoms with Crippen LogP contribution in [0.25, 0.3) is 0 Å². The molecule has 0 amide bonds. The fourth-order valence-electron chi connectivity index (χ4n) is 5.17. The molecule has 4 aliphatic heterocycles. The first kappa shape index (κ1) is 34.8. The number of piperidine rings is 1. The van der Waals surface area contributed by atoms with E-state index in [4.69, 9.17) is 4.74 Å². The fourth-order valence-corrected chi connectivity index (χ4v) is 5.17. The van der Waals surface area contributed by atoms with Crippen molar-refractivity contribution in [1.82, 2.24) is 19.6 Å². The number of rotatable bonds is 0. The maximum Gasteiger partial charge on any atom is 0.0594 e. The number of likely N-dealkylation sites (tertiary alicyclic amines) is 3. The Morgan fingerprint density at radius 1 is 0.324 bits per heavy atom. The summed E-state index contributed by atoms with van der Waals surface area (Å²) in [5.41, 5.74) is 1.57. The van der Waals surface area contributed by atoms with E-state index >= 15 is 0 Å². The fraction of sp³-hybridized carbons (Fsp3) is 1.00. The van der Waals surface area contributed by atoms with Gasteiger partial charge in [0.2, 0.25) is 0 Å². The van der Waals surface area contributed by atoms with Crippen molar-refractivity contribution in [3.8, 4) is 0 Å². The van der Waals surface area contributed by atoms with Crippen molar-refractivity contribution in [2.75, 3.05) is 65.6 Å². The molecule has 37 heavy (non-hydrogen) atoms. The lowest BCUT2D eigenvalue weighted by Crippen LogP contribution is -2.49. The van der Waals surface area contributed by atoms with Crippen LogP contribution < -0.4 is 0 Å². The molecular weight excluding hydrogens is 456 g/mol. The van der Waals surface area contributed by atoms with Gasteiger partial charge in [-0.2, -0.15) is 0 Å². The van der Waals surface area contributed by atoms with Crippen LogP contribution in [-0.4, -0.2) is 107 Å². The molecule has 0 aromatic rings. The first-order valence-electron chi connectivity index (χ1n) is 15.5. The second-order valence-electron chi connectivity index (χ2n) is 15.4. The Morgan fingerprint density at radius 3 is 0.757 bits per heavy atom. The van der Waals surface area contributed by atoms with Crippen molar-refractivity contribution in [2.45, 2.75) is 144 Å². The Hall–Kier alpha value is -0.200. The summed E-state index contributed by atoms with van der Waals surface area (Å²) in [5.74, 6) is 0. The second-order valence-corrected chi connectivity index (χ2v) is 15.4. The summed E-state index contributed by atoms with van der Waals surface area (Å²) >= 11 is 0. The van der Waals surface area contributed by atoms with Gasteiger partial charge in [0.05, 0.1) is 13.2 Å². The molecule has 0 aliphatic carbocycles. The van der Waals surface area contributed by atoms with E-state index in [2.05, 4.69) is 103 Å². The van der Waals surface area contributed by atoms with Gasteiger partial charge < -0.3 is 4.74 Å². The summed E-state index contributed by atoms with van der Waals surface area (Å²) in [6, 6.07) is 0. The quantitative estimate of drug-likeness (QED) is 0.348. The molecule has 4 saturated heterocycles. The van der Waals surface area contributed by atoms with Crippen molar-refractivity contribution < 1.29 is 4.74 Å². The molecule has 4 rings (SSSR count). The minimum Gasteiger partial charge on any atom is -0.379 e. The van der Waals surface area contributed by atoms with Crippen molar-refractivity contribution in [3.05, 3.63) is 0 Å². The summed E-state index contributed by atoms with van der Waals surface area (Å²) < 4.78 is 5.25. The van der Waals surface area contributed by atoms with Crippen LogP contribution in [0.5, 0.6) is 0 Å². The van der Waals surface area contributed by atoms with Gasteiger partial charge in [-0.3, -0.25) is 19.6 Å². The number of hydrogen-bond acceptors (Lipinski definition) is 5. The summed E-state index contributed by atoms with van der Waals surface area (Å²) in [5, 5.41) is 0. The highest BCUT2D eigenvalue weighted by Crippen LogP contribution is 2.21. The zero-order valence-electron chi connectivity index (χ0n) is 27.5. The normalized spacial score (nSPS) is 23.0. The van der Waals surface area contributed by atoms with Crippen LogP contribution in [0.4, 0.5) is 0 Å². The number of hydrogen-bond donors (Lipinski definition) is 0. The minimum atomic E-state index is 0.323. The summed E-state index contributed by atoms with van der Waals surface area (Å²) in [6.07, 6.45) is 8.44. The molecule has 0 spiro atoms. The first-order chi connectivity index (χ1) is 16.9. The number of morpholine rings is 1. The van der Waals surface area contributed by atoms with E-state index in [1.165, 1.54) is 77.8 Å². The van der Waals surface area contributed by atoms with Gasteiger partial charge in [-0.1, -0.05) is 6.42 Å². The molecule has 5 nitrogen and oxygen atoms in total. The van der Waals surface area contributed by atoms with Gasteiger partial charge in [-0.05, 0) is 154 Å². The van der Waals surface area contributed by atoms with Gasteiger partial charge in [-0.25, -0.2) is 0 Å². The Balaban J connectivity index is 0.000000248. The largest absolute Gasteiger partial charge is 0.379 e. The third-order valence-corrected chi connectivity index (χ3v) is 8.12. The molecule has 222 valence electrons. The van der Waals surface area contributed by atoms with Gasteiger partial charge in [0, 0.05) is 35.2 Å². The maximum atomic E-state index is 5.25. The highest BCUT2D eigenvalue weighted by Gasteiger charge is 2.26. The standard InChI is InChI=1S/C9H19N.C8H17NO.C8H17N.C7H15N/c1-9(2,3)10-7-5-4-6-8-10;1-8(2,3)9-4-6-10-7-5-9;1-8(2,3)9-6-4-5-7-9;1-7(2,3)8-5-4-6-8/h4-8H2,1-3H3;4-7H2,1-3H3;4-7H2,1-3H3;4-6H2,1-3H3. The van der Waals surface area contributed by atoms with E-state index in [1.54, 1.807) is 0 Å². The molecular formula is C32H68N4O. The number of nitrogens with zero attached hydrogens (tertiary/aromatic N) is 4. The van der Waals surface area contributed by atoms with E-state index < -0.39 is 0 Å². The lowest BCUT2D eigenvalue weighted by atomic mass is 10.0. The average Bonchev–Trinajstić information content (AvgIpc) is 3.29. The molecule has 0 saturated carbocycles. The minimum absolute atomic E-state index is 0.323. The van der Waals surface area contributed by atoms with E-state index in [0.29, 0.717) is 22.2 Å². The molecule has 4 heterocycles. The van der Waals surface area contributed by atoms with Gasteiger partial charge in [0.25, 0.3) is 0 Å². The molecule has 4 aliphatic rings. The van der Waals surface area contributed by atoms with Gasteiger partial charge in [0.15, 0.2) is 0 Å². The molecule has 0 atom stereocenters. The highest BCUT2D eigenvalue weighted by atomic mass is 16.5. The molecule has 0 bridgehead atoms. The summed E-state index contributed by atoms with van der Waals surface area (Å²) in [4.78, 5) is 10.1. The Labute approximate surface area is 233 Å². The third kappa shape index (κ3) is 14.7. The van der Waals surface area contributed by atoms with Crippen LogP contribution in [0, 0.1) is 0 Å². The van der Waals surface area contributed by atoms with Crippen molar-refractivity contribution in [3.63, 3.8) is 0 Å². The lowest BCUT2D eigenvalue weighted by Gasteiger charge is -2.42. The Morgan fingerprint density at radius 2 is 0.568 bits per heavy atom. The Kier molecular flexibility index (Phi) is 14.6. The Bertz CT molecular complexity index is 544. The van der Waals surface area contributed by atoms with Crippen molar-refractivity contribution in [1.29, 1.82) is 0 Å². The molecule has 0 radical (unpaired) electrons. The van der Waals surface area contributed by atoms with Crippen LogP contribution in [-0.2, 0) is 4.74 Å². The van der Waals surface area contributed by atoms with Gasteiger partial charge in [-0.15, -0.1) is 0 Å². The van der Waals surface area contributed by atoms with Gasteiger partial charge >= 0.3 is 0 Å². The van der Waals surface area contributed by atoms with Crippen LogP contribution in [0.2, 0.25) is 0 Å². The third-order valence-electron chi connectivity index (χ3n) is 8.12. The molecule has 4 fully saturated rings. The number of ether oxygens (including phenoxy) is 1. The topological polar surface area (TPSA) is 22.2 Å². The zero-order valence-corrected chi connectivity index (χ0v) is 27.5. The maximum absolute atomic E-state index is 5.25. The first-order valence-corrected chi connectivity index (χ1v) is 15.5. The predicted molar refractivity (Wildman–Crippen MR) is 164 cm³/mol. The molecule has 5 heteroatoms. The van der Waals surface area contributed by atoms with Crippen LogP contribution >= 0.6 is 0 Å². The smallest absolute Gasteiger partial charge is 0.0594 e. The van der Waals surface area contributed by atoms with E-state index in [9.17, 15) is 0 Å². The molecule has 0 aromatic heterocycles. The van der Waals surface area contributed by atoms with E-state index in [-0.39, 0.29) is 0 Å². The molecule has 0 N–H and O–H groups in total. The van der Waals surface area contributed by atoms with Crippen molar-refractivity contribution in [2.24, 2.45) is 0 Å². The average molecular weight is 525 g/mol. The molecule has 0 aromatic carbocycles. The van der Waals surface area contributed by atoms with Crippen molar-refractivity contribution >= 4 is 0 Å².